The van der Waals surface area contributed by atoms with Gasteiger partial charge in [0.15, 0.2) is 0 Å². The highest BCUT2D eigenvalue weighted by Gasteiger charge is 2.63. The first-order valence-electron chi connectivity index (χ1n) is 33.4. The molecule has 8 fully saturated rings. The molecule has 0 bridgehead atoms. The van der Waals surface area contributed by atoms with Crippen molar-refractivity contribution in [1.82, 2.24) is 20.0 Å². The number of hydrogen-bond acceptors (Lipinski definition) is 8. The van der Waals surface area contributed by atoms with E-state index >= 15 is 0 Å². The summed E-state index contributed by atoms with van der Waals surface area (Å²) in [6.45, 7) is 22.5. The van der Waals surface area contributed by atoms with Crippen LogP contribution in [0.4, 0.5) is 9.59 Å². The summed E-state index contributed by atoms with van der Waals surface area (Å²) in [5.74, 6) is 6.30. The molecule has 85 heavy (non-hydrogen) atoms. The maximum atomic E-state index is 13.5. The number of allylic oxidation sites excluding steroid dienone is 4. The van der Waals surface area contributed by atoms with Crippen molar-refractivity contribution in [2.24, 2.45) is 81.8 Å². The van der Waals surface area contributed by atoms with E-state index in [0.717, 1.165) is 102 Å². The van der Waals surface area contributed by atoms with Gasteiger partial charge in [0.25, 0.3) is 0 Å². The standard InChI is InChI=1S/C37H50N2O4.C36H48N2O4/c1-23-17-32-34(39(20-23)35(41)42-22-26-9-7-6-8-10-26)25(3)37(43-32)16-13-28-29-12-11-27-21-38(5)33(40)14-15-36(27,4)31(29)18-30(28)24(2)19-37;1-22-16-31-33(38(20-22)34(40)41-21-25-8-6-5-7-9-25)24(3)36(42-31)15-12-27-28-11-10-26-19-37-32(39)13-14-35(26,4)30(28)17-29(27)23(2)18-36/h6-10,14-15,23,25,27-29,31-32,34H,11-13,16-22H2,1-5H3;5-9,13-14,22,24,26-28,30-31,33H,10-12,15-21H2,1-4H3,(H,37,39)/t23-,25+,27+,28-,29-,31-,32+,34-,36-,37-;22-,24+,26+,27-,28-,30-,31+,33-,35-,36-/m00/s1. The number of nitrogens with one attached hydrogen (secondary N) is 1. The second-order valence-corrected chi connectivity index (χ2v) is 30.2. The molecule has 6 heterocycles. The van der Waals surface area contributed by atoms with Gasteiger partial charge in [-0.2, -0.15) is 0 Å². The molecular formula is C73H98N4O8. The number of hydrogen-bond donors (Lipinski definition) is 1. The van der Waals surface area contributed by atoms with Crippen LogP contribution in [0.5, 0.6) is 0 Å². The average Bonchev–Trinajstić information content (AvgIpc) is 2.27. The average molecular weight is 1160 g/mol. The van der Waals surface area contributed by atoms with Crippen LogP contribution in [0.25, 0.3) is 0 Å². The molecule has 0 aromatic heterocycles. The van der Waals surface area contributed by atoms with E-state index in [1.807, 2.05) is 88.5 Å². The van der Waals surface area contributed by atoms with Crippen molar-refractivity contribution in [1.29, 1.82) is 0 Å². The van der Waals surface area contributed by atoms with Gasteiger partial charge in [-0.3, -0.25) is 9.59 Å². The van der Waals surface area contributed by atoms with Crippen LogP contribution in [0, 0.1) is 81.8 Å². The zero-order chi connectivity index (χ0) is 59.3. The van der Waals surface area contributed by atoms with E-state index in [1.165, 1.54) is 36.8 Å². The highest BCUT2D eigenvalue weighted by molar-refractivity contribution is 5.88. The molecule has 4 saturated heterocycles. The minimum atomic E-state index is -0.229. The van der Waals surface area contributed by atoms with Crippen LogP contribution >= 0.6 is 0 Å². The highest BCUT2D eigenvalue weighted by Crippen LogP contribution is 2.65. The highest BCUT2D eigenvalue weighted by atomic mass is 16.6. The summed E-state index contributed by atoms with van der Waals surface area (Å²) in [6.07, 6.45) is 23.5. The number of amides is 4. The molecule has 2 aromatic rings. The lowest BCUT2D eigenvalue weighted by molar-refractivity contribution is -0.125. The molecule has 6 aliphatic heterocycles. The molecule has 12 heteroatoms. The Morgan fingerprint density at radius 1 is 0.612 bits per heavy atom. The second kappa shape index (κ2) is 22.7. The Morgan fingerprint density at radius 3 is 1.56 bits per heavy atom. The van der Waals surface area contributed by atoms with Crippen LogP contribution in [-0.4, -0.2) is 107 Å². The summed E-state index contributed by atoms with van der Waals surface area (Å²) >= 11 is 0. The van der Waals surface area contributed by atoms with E-state index in [4.69, 9.17) is 18.9 Å². The molecule has 458 valence electrons. The van der Waals surface area contributed by atoms with Gasteiger partial charge in [-0.05, 0) is 197 Å². The van der Waals surface area contributed by atoms with E-state index in [-0.39, 0.29) is 82.2 Å². The summed E-state index contributed by atoms with van der Waals surface area (Å²) in [6, 6.07) is 20.0. The molecule has 4 saturated carbocycles. The first kappa shape index (κ1) is 58.8. The number of carbonyl (C=O) groups excluding carboxylic acids is 4. The first-order valence-corrected chi connectivity index (χ1v) is 33.4. The molecule has 1 N–H and O–H groups in total. The third-order valence-corrected chi connectivity index (χ3v) is 25.6. The van der Waals surface area contributed by atoms with Gasteiger partial charge >= 0.3 is 12.2 Å². The van der Waals surface area contributed by atoms with Crippen LogP contribution in [-0.2, 0) is 41.8 Å². The van der Waals surface area contributed by atoms with Crippen molar-refractivity contribution in [2.45, 2.75) is 194 Å². The Balaban J connectivity index is 0.000000158. The number of benzene rings is 2. The van der Waals surface area contributed by atoms with Gasteiger partial charge in [0.05, 0.1) is 35.5 Å². The number of fused-ring (bicyclic) bond motifs is 12. The fourth-order valence-electron chi connectivity index (χ4n) is 21.0. The third kappa shape index (κ3) is 10.4. The number of nitrogens with zero attached hydrogens (tertiary/aromatic N) is 3. The predicted molar refractivity (Wildman–Crippen MR) is 329 cm³/mol. The molecule has 20 atom stereocenters. The largest absolute Gasteiger partial charge is 0.445 e. The number of ether oxygens (including phenoxy) is 4. The van der Waals surface area contributed by atoms with E-state index in [2.05, 4.69) is 72.9 Å². The summed E-state index contributed by atoms with van der Waals surface area (Å²) in [5.41, 5.74) is 8.13. The van der Waals surface area contributed by atoms with Crippen LogP contribution in [0.3, 0.4) is 0 Å². The molecule has 4 amide bonds. The lowest BCUT2D eigenvalue weighted by Crippen LogP contribution is -2.54. The molecule has 6 aliphatic carbocycles. The van der Waals surface area contributed by atoms with Crippen molar-refractivity contribution in [3.63, 3.8) is 0 Å². The van der Waals surface area contributed by atoms with Gasteiger partial charge in [0, 0.05) is 45.1 Å². The van der Waals surface area contributed by atoms with Gasteiger partial charge in [-0.1, -0.05) is 137 Å². The number of carbonyl (C=O) groups is 4. The Morgan fingerprint density at radius 2 is 1.07 bits per heavy atom. The quantitative estimate of drug-likeness (QED) is 0.300. The van der Waals surface area contributed by atoms with E-state index in [1.54, 1.807) is 17.2 Å². The molecule has 12 nitrogen and oxygen atoms in total. The number of likely N-dealkylation sites (N-methyl/N-ethyl adjacent to an activating group) is 1. The Hall–Kier alpha value is -5.20. The number of rotatable bonds is 4. The first-order chi connectivity index (χ1) is 40.8. The van der Waals surface area contributed by atoms with E-state index in [9.17, 15) is 19.2 Å². The minimum Gasteiger partial charge on any atom is -0.445 e. The fraction of sp³-hybridized carbons (Fsp3) is 0.671. The zero-order valence-electron chi connectivity index (χ0n) is 52.6. The van der Waals surface area contributed by atoms with Crippen LogP contribution in [0.15, 0.2) is 107 Å². The Labute approximate surface area is 507 Å². The molecule has 2 spiro atoms. The maximum absolute atomic E-state index is 13.5. The smallest absolute Gasteiger partial charge is 0.410 e. The van der Waals surface area contributed by atoms with Crippen LogP contribution in [0.1, 0.15) is 156 Å². The minimum absolute atomic E-state index is 0.0583. The van der Waals surface area contributed by atoms with Crippen LogP contribution < -0.4 is 5.32 Å². The topological polar surface area (TPSA) is 127 Å². The summed E-state index contributed by atoms with van der Waals surface area (Å²) < 4.78 is 26.1. The van der Waals surface area contributed by atoms with Gasteiger partial charge in [-0.25, -0.2) is 9.59 Å². The van der Waals surface area contributed by atoms with Crippen molar-refractivity contribution < 1.29 is 38.1 Å². The Bertz CT molecular complexity index is 3010. The zero-order valence-corrected chi connectivity index (χ0v) is 52.6. The SMILES string of the molecule is CC1=C2C[C@H]3[C@@H](CC[C@@H]4CN(C)C(=O)C=C[C@@]43C)[C@@H]2CC[C@@]2(C1)O[C@@H]1C[C@H](C)CN(C(=O)OCc3ccccc3)[C@H]1[C@H]2C.CC1=C2C[C@H]3[C@@H](CC[C@@H]4CNC(=O)C=C[C@@]43C)[C@@H]2CC[C@@]2(C1)O[C@@H]1C[C@H](C)CN(C(=O)OCc3ccccc3)[C@H]1[C@H]2C. The van der Waals surface area contributed by atoms with Gasteiger partial charge < -0.3 is 39.0 Å². The van der Waals surface area contributed by atoms with Crippen molar-refractivity contribution >= 4 is 24.0 Å². The van der Waals surface area contributed by atoms with Gasteiger partial charge in [-0.15, -0.1) is 0 Å². The normalized spacial score (nSPS) is 42.4. The third-order valence-electron chi connectivity index (χ3n) is 25.6. The summed E-state index contributed by atoms with van der Waals surface area (Å²) in [7, 11) is 1.96. The second-order valence-electron chi connectivity index (χ2n) is 30.2. The molecule has 12 aliphatic rings. The maximum Gasteiger partial charge on any atom is 0.410 e. The Kier molecular flexibility index (Phi) is 15.7. The van der Waals surface area contributed by atoms with Crippen LogP contribution in [0.2, 0.25) is 0 Å². The van der Waals surface area contributed by atoms with Gasteiger partial charge in [0.2, 0.25) is 11.8 Å². The number of piperidine rings is 2. The van der Waals surface area contributed by atoms with E-state index < -0.39 is 0 Å². The molecular weight excluding hydrogens is 1060 g/mol. The lowest BCUT2D eigenvalue weighted by atomic mass is 9.57. The molecule has 14 rings (SSSR count). The number of likely N-dealkylation sites (tertiary alicyclic amines) is 2. The summed E-state index contributed by atoms with van der Waals surface area (Å²) in [5, 5.41) is 3.13. The van der Waals surface area contributed by atoms with Crippen molar-refractivity contribution in [3.8, 4) is 0 Å². The van der Waals surface area contributed by atoms with Gasteiger partial charge in [0.1, 0.15) is 13.2 Å². The monoisotopic (exact) mass is 1160 g/mol. The predicted octanol–water partition coefficient (Wildman–Crippen LogP) is 13.7. The van der Waals surface area contributed by atoms with E-state index in [0.29, 0.717) is 72.4 Å². The lowest BCUT2D eigenvalue weighted by Gasteiger charge is -2.48. The molecule has 0 radical (unpaired) electrons. The molecule has 0 unspecified atom stereocenters. The summed E-state index contributed by atoms with van der Waals surface area (Å²) in [4.78, 5) is 57.8. The fourth-order valence-corrected chi connectivity index (χ4v) is 21.0. The van der Waals surface area contributed by atoms with Crippen molar-refractivity contribution in [3.05, 3.63) is 118 Å². The van der Waals surface area contributed by atoms with Crippen molar-refractivity contribution in [2.75, 3.05) is 33.2 Å². The molecule has 2 aromatic carbocycles.